The van der Waals surface area contributed by atoms with Crippen LogP contribution in [0.15, 0.2) is 0 Å². The zero-order chi connectivity index (χ0) is 8.27. The topological polar surface area (TPSA) is 46.5 Å². The predicted molar refractivity (Wildman–Crippen MR) is 40.3 cm³/mol. The lowest BCUT2D eigenvalue weighted by Crippen LogP contribution is -2.33. The maximum Gasteiger partial charge on any atom is 0.303 e. The number of hydrogen-bond donors (Lipinski definition) is 1. The van der Waals surface area contributed by atoms with Crippen LogP contribution >= 0.6 is 0 Å². The molecule has 1 rings (SSSR count). The summed E-state index contributed by atoms with van der Waals surface area (Å²) in [6, 6.07) is 0. The quantitative estimate of drug-likeness (QED) is 0.667. The molecular weight excluding hydrogens is 144 g/mol. The van der Waals surface area contributed by atoms with E-state index < -0.39 is 5.97 Å². The van der Waals surface area contributed by atoms with Crippen molar-refractivity contribution in [1.29, 1.82) is 0 Å². The molecule has 0 aromatic heterocycles. The normalized spacial score (nSPS) is 20.8. The van der Waals surface area contributed by atoms with Crippen molar-refractivity contribution in [2.75, 3.05) is 13.2 Å². The summed E-state index contributed by atoms with van der Waals surface area (Å²) in [5.41, 5.74) is 0. The molecule has 1 atom stereocenters. The van der Waals surface area contributed by atoms with Gasteiger partial charge in [0.25, 0.3) is 0 Å². The largest absolute Gasteiger partial charge is 0.481 e. The number of hydrogen-bond acceptors (Lipinski definition) is 2. The molecule has 0 aromatic rings. The molecule has 64 valence electrons. The van der Waals surface area contributed by atoms with Crippen molar-refractivity contribution >= 4 is 5.97 Å². The monoisotopic (exact) mass is 158 g/mol. The summed E-state index contributed by atoms with van der Waals surface area (Å²) in [5, 5.41) is 8.40. The van der Waals surface area contributed by atoms with Gasteiger partial charge in [-0.15, -0.1) is 0 Å². The van der Waals surface area contributed by atoms with Gasteiger partial charge in [-0.05, 0) is 12.3 Å². The van der Waals surface area contributed by atoms with Gasteiger partial charge in [0.05, 0.1) is 13.2 Å². The first-order chi connectivity index (χ1) is 5.20. The number of rotatable bonds is 4. The number of carbonyl (C=O) groups is 1. The van der Waals surface area contributed by atoms with Gasteiger partial charge in [0.2, 0.25) is 0 Å². The lowest BCUT2D eigenvalue weighted by molar-refractivity contribution is -0.137. The van der Waals surface area contributed by atoms with Crippen LogP contribution < -0.4 is 0 Å². The molecule has 0 aromatic carbocycles. The smallest absolute Gasteiger partial charge is 0.303 e. The molecule has 1 unspecified atom stereocenters. The maximum atomic E-state index is 10.2. The van der Waals surface area contributed by atoms with E-state index in [2.05, 4.69) is 6.92 Å². The summed E-state index contributed by atoms with van der Waals surface area (Å²) in [7, 11) is 0. The highest BCUT2D eigenvalue weighted by Crippen LogP contribution is 2.23. The molecule has 1 N–H and O–H groups in total. The van der Waals surface area contributed by atoms with Gasteiger partial charge in [-0.3, -0.25) is 4.79 Å². The third kappa shape index (κ3) is 2.50. The second-order valence-corrected chi connectivity index (χ2v) is 3.21. The van der Waals surface area contributed by atoms with E-state index in [-0.39, 0.29) is 6.42 Å². The Bertz CT molecular complexity index is 140. The van der Waals surface area contributed by atoms with Crippen LogP contribution in [0.1, 0.15) is 19.8 Å². The Morgan fingerprint density at radius 1 is 1.73 bits per heavy atom. The van der Waals surface area contributed by atoms with Crippen LogP contribution in [0.5, 0.6) is 0 Å². The van der Waals surface area contributed by atoms with E-state index in [1.165, 1.54) is 0 Å². The molecule has 0 saturated carbocycles. The maximum absolute atomic E-state index is 10.2. The van der Waals surface area contributed by atoms with E-state index in [1.807, 2.05) is 0 Å². The van der Waals surface area contributed by atoms with Gasteiger partial charge in [0, 0.05) is 12.3 Å². The van der Waals surface area contributed by atoms with Gasteiger partial charge < -0.3 is 9.84 Å². The summed E-state index contributed by atoms with van der Waals surface area (Å²) in [4.78, 5) is 10.2. The van der Waals surface area contributed by atoms with Crippen LogP contribution in [0.25, 0.3) is 0 Å². The highest BCUT2D eigenvalue weighted by atomic mass is 16.5. The highest BCUT2D eigenvalue weighted by Gasteiger charge is 2.24. The fraction of sp³-hybridized carbons (Fsp3) is 0.875. The Hall–Kier alpha value is -0.570. The first-order valence-corrected chi connectivity index (χ1v) is 3.99. The molecule has 0 bridgehead atoms. The minimum atomic E-state index is -0.697. The average Bonchev–Trinajstić information content (AvgIpc) is 1.79. The van der Waals surface area contributed by atoms with Gasteiger partial charge in [-0.2, -0.15) is 0 Å². The third-order valence-corrected chi connectivity index (χ3v) is 2.28. The molecule has 1 heterocycles. The Kier molecular flexibility index (Phi) is 2.88. The molecule has 1 fully saturated rings. The third-order valence-electron chi connectivity index (χ3n) is 2.28. The van der Waals surface area contributed by atoms with Gasteiger partial charge in [-0.1, -0.05) is 6.92 Å². The van der Waals surface area contributed by atoms with Crippen LogP contribution in [-0.2, 0) is 9.53 Å². The number of carboxylic acids is 1. The minimum Gasteiger partial charge on any atom is -0.481 e. The van der Waals surface area contributed by atoms with Crippen LogP contribution in [0.2, 0.25) is 0 Å². The van der Waals surface area contributed by atoms with E-state index >= 15 is 0 Å². The summed E-state index contributed by atoms with van der Waals surface area (Å²) in [6.45, 7) is 3.73. The number of ether oxygens (including phenoxy) is 1. The van der Waals surface area contributed by atoms with Crippen LogP contribution in [0.3, 0.4) is 0 Å². The zero-order valence-corrected chi connectivity index (χ0v) is 6.75. The Balaban J connectivity index is 2.09. The van der Waals surface area contributed by atoms with Crippen molar-refractivity contribution in [3.63, 3.8) is 0 Å². The van der Waals surface area contributed by atoms with Crippen LogP contribution in [0.4, 0.5) is 0 Å². The number of aliphatic carboxylic acids is 1. The Morgan fingerprint density at radius 2 is 2.36 bits per heavy atom. The summed E-state index contributed by atoms with van der Waals surface area (Å²) >= 11 is 0. The van der Waals surface area contributed by atoms with E-state index in [9.17, 15) is 4.79 Å². The molecule has 1 aliphatic heterocycles. The van der Waals surface area contributed by atoms with Crippen LogP contribution in [-0.4, -0.2) is 24.3 Å². The van der Waals surface area contributed by atoms with Gasteiger partial charge in [0.15, 0.2) is 0 Å². The Morgan fingerprint density at radius 3 is 2.73 bits per heavy atom. The van der Waals surface area contributed by atoms with Crippen molar-refractivity contribution in [3.8, 4) is 0 Å². The first-order valence-electron chi connectivity index (χ1n) is 3.99. The predicted octanol–water partition coefficient (Wildman–Crippen LogP) is 1.13. The standard InChI is InChI=1S/C8H14O3/c1-6(2-3-8(9)10)7-4-11-5-7/h6-7H,2-5H2,1H3,(H,9,10). The molecule has 0 radical (unpaired) electrons. The van der Waals surface area contributed by atoms with Gasteiger partial charge in [0.1, 0.15) is 0 Å². The SMILES string of the molecule is CC(CCC(=O)O)C1COC1. The zero-order valence-electron chi connectivity index (χ0n) is 6.75. The minimum absolute atomic E-state index is 0.289. The second-order valence-electron chi connectivity index (χ2n) is 3.21. The summed E-state index contributed by atoms with van der Waals surface area (Å²) in [6.07, 6.45) is 1.07. The highest BCUT2D eigenvalue weighted by molar-refractivity contribution is 5.66. The summed E-state index contributed by atoms with van der Waals surface area (Å²) in [5.74, 6) is 0.409. The second kappa shape index (κ2) is 3.72. The lowest BCUT2D eigenvalue weighted by Gasteiger charge is -2.31. The summed E-state index contributed by atoms with van der Waals surface area (Å²) < 4.78 is 5.02. The fourth-order valence-electron chi connectivity index (χ4n) is 1.17. The van der Waals surface area contributed by atoms with E-state index in [0.717, 1.165) is 19.6 Å². The molecule has 3 heteroatoms. The van der Waals surface area contributed by atoms with E-state index in [4.69, 9.17) is 9.84 Å². The molecular formula is C8H14O3. The number of carboxylic acid groups (broad SMARTS) is 1. The van der Waals surface area contributed by atoms with E-state index in [1.54, 1.807) is 0 Å². The molecule has 3 nitrogen and oxygen atoms in total. The van der Waals surface area contributed by atoms with Crippen LogP contribution in [0, 0.1) is 11.8 Å². The van der Waals surface area contributed by atoms with Crippen molar-refractivity contribution in [2.45, 2.75) is 19.8 Å². The molecule has 0 spiro atoms. The average molecular weight is 158 g/mol. The lowest BCUT2D eigenvalue weighted by atomic mass is 9.89. The fourth-order valence-corrected chi connectivity index (χ4v) is 1.17. The van der Waals surface area contributed by atoms with Crippen molar-refractivity contribution in [3.05, 3.63) is 0 Å². The van der Waals surface area contributed by atoms with Crippen molar-refractivity contribution in [1.82, 2.24) is 0 Å². The van der Waals surface area contributed by atoms with E-state index in [0.29, 0.717) is 11.8 Å². The molecule has 1 aliphatic rings. The molecule has 1 saturated heterocycles. The van der Waals surface area contributed by atoms with Gasteiger partial charge in [-0.25, -0.2) is 0 Å². The Labute approximate surface area is 66.4 Å². The molecule has 0 amide bonds. The van der Waals surface area contributed by atoms with Crippen molar-refractivity contribution < 1.29 is 14.6 Å². The molecule has 11 heavy (non-hydrogen) atoms. The first kappa shape index (κ1) is 8.53. The van der Waals surface area contributed by atoms with Gasteiger partial charge >= 0.3 is 5.97 Å². The molecule has 0 aliphatic carbocycles. The van der Waals surface area contributed by atoms with Crippen molar-refractivity contribution in [2.24, 2.45) is 11.8 Å².